The summed E-state index contributed by atoms with van der Waals surface area (Å²) in [5.41, 5.74) is 0.306. The van der Waals surface area contributed by atoms with E-state index >= 15 is 0 Å². The zero-order chi connectivity index (χ0) is 12.4. The lowest BCUT2D eigenvalue weighted by atomic mass is 9.93. The van der Waals surface area contributed by atoms with Gasteiger partial charge in [-0.25, -0.2) is 8.42 Å². The molecule has 1 atom stereocenters. The van der Waals surface area contributed by atoms with Crippen molar-refractivity contribution in [3.8, 4) is 0 Å². The molecule has 16 heavy (non-hydrogen) atoms. The Bertz CT molecular complexity index is 447. The smallest absolute Gasteiger partial charge is 0.175 e. The van der Waals surface area contributed by atoms with Crippen molar-refractivity contribution in [1.29, 1.82) is 0 Å². The second-order valence-corrected chi connectivity index (χ2v) is 6.05. The third kappa shape index (κ3) is 2.61. The normalized spacial score (nSPS) is 15.8. The van der Waals surface area contributed by atoms with Gasteiger partial charge in [-0.15, -0.1) is 0 Å². The van der Waals surface area contributed by atoms with Crippen LogP contribution < -0.4 is 5.32 Å². The van der Waals surface area contributed by atoms with Gasteiger partial charge in [0.15, 0.2) is 9.84 Å². The van der Waals surface area contributed by atoms with Crippen LogP contribution in [-0.2, 0) is 15.4 Å². The van der Waals surface area contributed by atoms with Crippen molar-refractivity contribution in [2.45, 2.75) is 17.4 Å². The quantitative estimate of drug-likeness (QED) is 0.809. The lowest BCUT2D eigenvalue weighted by molar-refractivity contribution is 0.183. The van der Waals surface area contributed by atoms with E-state index in [9.17, 15) is 13.5 Å². The fraction of sp³-hybridized carbons (Fsp3) is 0.455. The van der Waals surface area contributed by atoms with E-state index in [1.54, 1.807) is 31.3 Å². The Morgan fingerprint density at radius 2 is 1.81 bits per heavy atom. The molecule has 0 aromatic heterocycles. The molecule has 0 aliphatic heterocycles. The second kappa shape index (κ2) is 4.53. The molecule has 0 saturated carbocycles. The number of rotatable bonds is 4. The van der Waals surface area contributed by atoms with Crippen LogP contribution in [0.15, 0.2) is 29.2 Å². The molecule has 0 saturated heterocycles. The van der Waals surface area contributed by atoms with Crippen molar-refractivity contribution in [2.24, 2.45) is 0 Å². The number of likely N-dealkylation sites (N-methyl/N-ethyl adjacent to an activating group) is 1. The molecule has 90 valence electrons. The number of aliphatic hydroxyl groups excluding tert-OH is 1. The Kier molecular flexibility index (Phi) is 3.72. The molecule has 0 aliphatic carbocycles. The van der Waals surface area contributed by atoms with Crippen molar-refractivity contribution in [3.05, 3.63) is 29.8 Å². The van der Waals surface area contributed by atoms with Crippen molar-refractivity contribution in [1.82, 2.24) is 5.32 Å². The lowest BCUT2D eigenvalue weighted by Crippen LogP contribution is -2.40. The molecule has 0 spiro atoms. The number of benzene rings is 1. The molecule has 0 amide bonds. The Morgan fingerprint density at radius 1 is 1.31 bits per heavy atom. The largest absolute Gasteiger partial charge is 0.394 e. The average Bonchev–Trinajstić information content (AvgIpc) is 2.27. The average molecular weight is 243 g/mol. The molecule has 0 heterocycles. The van der Waals surface area contributed by atoms with E-state index in [2.05, 4.69) is 5.32 Å². The van der Waals surface area contributed by atoms with Crippen LogP contribution in [0.25, 0.3) is 0 Å². The third-order valence-corrected chi connectivity index (χ3v) is 3.92. The highest BCUT2D eigenvalue weighted by molar-refractivity contribution is 7.90. The Labute approximate surface area is 96.2 Å². The van der Waals surface area contributed by atoms with Gasteiger partial charge in [-0.2, -0.15) is 0 Å². The zero-order valence-corrected chi connectivity index (χ0v) is 10.5. The van der Waals surface area contributed by atoms with Crippen LogP contribution in [0.2, 0.25) is 0 Å². The van der Waals surface area contributed by atoms with E-state index in [4.69, 9.17) is 0 Å². The van der Waals surface area contributed by atoms with Gasteiger partial charge in [0.1, 0.15) is 0 Å². The summed E-state index contributed by atoms with van der Waals surface area (Å²) >= 11 is 0. The van der Waals surface area contributed by atoms with Gasteiger partial charge in [-0.05, 0) is 31.7 Å². The molecule has 1 aromatic rings. The maximum absolute atomic E-state index is 11.3. The first kappa shape index (κ1) is 13.2. The van der Waals surface area contributed by atoms with Gasteiger partial charge < -0.3 is 10.4 Å². The predicted octanol–water partition coefficient (Wildman–Crippen LogP) is 0.517. The second-order valence-electron chi connectivity index (χ2n) is 4.04. The van der Waals surface area contributed by atoms with Gasteiger partial charge in [0, 0.05) is 6.26 Å². The summed E-state index contributed by atoms with van der Waals surface area (Å²) < 4.78 is 22.5. The van der Waals surface area contributed by atoms with Gasteiger partial charge >= 0.3 is 0 Å². The summed E-state index contributed by atoms with van der Waals surface area (Å²) in [6.45, 7) is 1.80. The van der Waals surface area contributed by atoms with E-state index in [-0.39, 0.29) is 11.5 Å². The Hall–Kier alpha value is -0.910. The molecule has 0 fully saturated rings. The van der Waals surface area contributed by atoms with Crippen LogP contribution in [0.4, 0.5) is 0 Å². The fourth-order valence-corrected chi connectivity index (χ4v) is 2.02. The van der Waals surface area contributed by atoms with E-state index in [1.807, 2.05) is 6.92 Å². The van der Waals surface area contributed by atoms with Crippen molar-refractivity contribution < 1.29 is 13.5 Å². The molecule has 4 nitrogen and oxygen atoms in total. The number of sulfone groups is 1. The van der Waals surface area contributed by atoms with Gasteiger partial charge in [-0.1, -0.05) is 12.1 Å². The van der Waals surface area contributed by atoms with Crippen LogP contribution in [0.5, 0.6) is 0 Å². The van der Waals surface area contributed by atoms with E-state index in [0.717, 1.165) is 5.56 Å². The van der Waals surface area contributed by atoms with Crippen LogP contribution in [0.1, 0.15) is 12.5 Å². The fourth-order valence-electron chi connectivity index (χ4n) is 1.38. The molecule has 1 rings (SSSR count). The topological polar surface area (TPSA) is 66.4 Å². The summed E-state index contributed by atoms with van der Waals surface area (Å²) in [5.74, 6) is 0. The number of aliphatic hydroxyl groups is 1. The molecular formula is C11H17NO3S. The summed E-state index contributed by atoms with van der Waals surface area (Å²) in [6, 6.07) is 6.53. The van der Waals surface area contributed by atoms with Crippen LogP contribution >= 0.6 is 0 Å². The van der Waals surface area contributed by atoms with Crippen molar-refractivity contribution >= 4 is 9.84 Å². The maximum Gasteiger partial charge on any atom is 0.175 e. The highest BCUT2D eigenvalue weighted by Crippen LogP contribution is 2.21. The molecule has 0 radical (unpaired) electrons. The molecule has 2 N–H and O–H groups in total. The van der Waals surface area contributed by atoms with Crippen LogP contribution in [0.3, 0.4) is 0 Å². The van der Waals surface area contributed by atoms with Crippen LogP contribution in [0, 0.1) is 0 Å². The SMILES string of the molecule is CNC(C)(CO)c1ccc(S(C)(=O)=O)cc1. The predicted molar refractivity (Wildman–Crippen MR) is 63.0 cm³/mol. The number of nitrogens with one attached hydrogen (secondary N) is 1. The van der Waals surface area contributed by atoms with Gasteiger partial charge in [0.2, 0.25) is 0 Å². The van der Waals surface area contributed by atoms with Crippen molar-refractivity contribution in [3.63, 3.8) is 0 Å². The summed E-state index contributed by atoms with van der Waals surface area (Å²) in [6.07, 6.45) is 1.17. The minimum atomic E-state index is -3.16. The molecular weight excluding hydrogens is 226 g/mol. The minimum absolute atomic E-state index is 0.0538. The molecule has 1 aromatic carbocycles. The standard InChI is InChI=1S/C11H17NO3S/c1-11(8-13,12-2)9-4-6-10(7-5-9)16(3,14)15/h4-7,12-13H,8H2,1-3H3. The molecule has 5 heteroatoms. The lowest BCUT2D eigenvalue weighted by Gasteiger charge is -2.27. The van der Waals surface area contributed by atoms with Crippen molar-refractivity contribution in [2.75, 3.05) is 19.9 Å². The highest BCUT2D eigenvalue weighted by atomic mass is 32.2. The first-order valence-electron chi connectivity index (χ1n) is 4.94. The Balaban J connectivity index is 3.13. The summed E-state index contributed by atoms with van der Waals surface area (Å²) in [7, 11) is -1.41. The van der Waals surface area contributed by atoms with Gasteiger partial charge in [0.25, 0.3) is 0 Å². The highest BCUT2D eigenvalue weighted by Gasteiger charge is 2.23. The maximum atomic E-state index is 11.3. The van der Waals surface area contributed by atoms with E-state index in [1.165, 1.54) is 6.26 Å². The summed E-state index contributed by atoms with van der Waals surface area (Å²) in [4.78, 5) is 0.285. The Morgan fingerprint density at radius 3 is 2.12 bits per heavy atom. The number of hydrogen-bond donors (Lipinski definition) is 2. The molecule has 1 unspecified atom stereocenters. The minimum Gasteiger partial charge on any atom is -0.394 e. The van der Waals surface area contributed by atoms with Crippen LogP contribution in [-0.4, -0.2) is 33.4 Å². The first-order valence-corrected chi connectivity index (χ1v) is 6.83. The number of hydrogen-bond acceptors (Lipinski definition) is 4. The third-order valence-electron chi connectivity index (χ3n) is 2.79. The summed E-state index contributed by atoms with van der Waals surface area (Å²) in [5, 5.41) is 12.3. The van der Waals surface area contributed by atoms with Gasteiger partial charge in [0.05, 0.1) is 17.0 Å². The molecule has 0 aliphatic rings. The zero-order valence-electron chi connectivity index (χ0n) is 9.69. The monoisotopic (exact) mass is 243 g/mol. The van der Waals surface area contributed by atoms with E-state index in [0.29, 0.717) is 0 Å². The first-order chi connectivity index (χ1) is 7.33. The molecule has 0 bridgehead atoms. The van der Waals surface area contributed by atoms with E-state index < -0.39 is 15.4 Å². The van der Waals surface area contributed by atoms with Gasteiger partial charge in [-0.3, -0.25) is 0 Å².